The number of para-hydroxylation sites is 1. The van der Waals surface area contributed by atoms with Gasteiger partial charge in [-0.3, -0.25) is 0 Å². The molecule has 21 heavy (non-hydrogen) atoms. The molecule has 0 aliphatic carbocycles. The lowest BCUT2D eigenvalue weighted by atomic mass is 10.2. The summed E-state index contributed by atoms with van der Waals surface area (Å²) in [4.78, 5) is 11.7. The van der Waals surface area contributed by atoms with Crippen LogP contribution in [0, 0.1) is 0 Å². The van der Waals surface area contributed by atoms with Crippen molar-refractivity contribution in [1.82, 2.24) is 15.0 Å². The molecule has 0 aliphatic rings. The second-order valence-corrected chi connectivity index (χ2v) is 4.38. The quantitative estimate of drug-likeness (QED) is 0.784. The average molecular weight is 290 g/mol. The van der Waals surface area contributed by atoms with Crippen LogP contribution in [0.1, 0.15) is 21.7 Å². The van der Waals surface area contributed by atoms with E-state index in [2.05, 4.69) is 10.3 Å². The first-order chi connectivity index (χ1) is 10.2. The number of carbonyl (C=O) groups excluding carboxylic acids is 1. The number of nitrogens with two attached hydrogens (primary N) is 1. The van der Waals surface area contributed by atoms with Crippen LogP contribution in [0.5, 0.6) is 5.75 Å². The second kappa shape index (κ2) is 6.85. The molecule has 1 aromatic carbocycles. The SMILES string of the molecule is COC(=O)c1nnn(Cc2ccccc2OC)c1CCN. The molecule has 0 bridgehead atoms. The first kappa shape index (κ1) is 15.0. The summed E-state index contributed by atoms with van der Waals surface area (Å²) < 4.78 is 11.7. The van der Waals surface area contributed by atoms with Gasteiger partial charge in [-0.1, -0.05) is 23.4 Å². The minimum atomic E-state index is -0.510. The molecule has 2 rings (SSSR count). The van der Waals surface area contributed by atoms with Crippen LogP contribution in [-0.2, 0) is 17.7 Å². The van der Waals surface area contributed by atoms with Gasteiger partial charge < -0.3 is 15.2 Å². The molecule has 0 saturated heterocycles. The first-order valence-electron chi connectivity index (χ1n) is 6.54. The number of benzene rings is 1. The summed E-state index contributed by atoms with van der Waals surface area (Å²) in [6.07, 6.45) is 0.493. The predicted molar refractivity (Wildman–Crippen MR) is 76.2 cm³/mol. The normalized spacial score (nSPS) is 10.4. The summed E-state index contributed by atoms with van der Waals surface area (Å²) in [6.45, 7) is 0.840. The zero-order valence-electron chi connectivity index (χ0n) is 12.1. The number of aromatic nitrogens is 3. The van der Waals surface area contributed by atoms with E-state index >= 15 is 0 Å². The molecule has 7 heteroatoms. The Morgan fingerprint density at radius 1 is 1.33 bits per heavy atom. The number of carbonyl (C=O) groups is 1. The van der Waals surface area contributed by atoms with Crippen molar-refractivity contribution in [3.63, 3.8) is 0 Å². The Labute approximate surface area is 122 Å². The van der Waals surface area contributed by atoms with Gasteiger partial charge in [-0.05, 0) is 12.6 Å². The third kappa shape index (κ3) is 3.19. The van der Waals surface area contributed by atoms with Crippen molar-refractivity contribution in [2.45, 2.75) is 13.0 Å². The van der Waals surface area contributed by atoms with Crippen LogP contribution >= 0.6 is 0 Å². The third-order valence-electron chi connectivity index (χ3n) is 3.11. The molecule has 2 aromatic rings. The second-order valence-electron chi connectivity index (χ2n) is 4.38. The molecule has 7 nitrogen and oxygen atoms in total. The van der Waals surface area contributed by atoms with Gasteiger partial charge in [0.15, 0.2) is 5.69 Å². The van der Waals surface area contributed by atoms with E-state index < -0.39 is 5.97 Å². The lowest BCUT2D eigenvalue weighted by Gasteiger charge is -2.10. The molecule has 0 aliphatic heterocycles. The number of nitrogens with zero attached hydrogens (tertiary/aromatic N) is 3. The topological polar surface area (TPSA) is 92.3 Å². The van der Waals surface area contributed by atoms with E-state index in [0.717, 1.165) is 11.3 Å². The lowest BCUT2D eigenvalue weighted by Crippen LogP contribution is -2.15. The van der Waals surface area contributed by atoms with Crippen molar-refractivity contribution >= 4 is 5.97 Å². The first-order valence-corrected chi connectivity index (χ1v) is 6.54. The van der Waals surface area contributed by atoms with E-state index in [1.54, 1.807) is 11.8 Å². The van der Waals surface area contributed by atoms with Crippen LogP contribution < -0.4 is 10.5 Å². The summed E-state index contributed by atoms with van der Waals surface area (Å²) in [6, 6.07) is 7.61. The highest BCUT2D eigenvalue weighted by atomic mass is 16.5. The fraction of sp³-hybridized carbons (Fsp3) is 0.357. The molecule has 1 heterocycles. The fourth-order valence-corrected chi connectivity index (χ4v) is 2.09. The van der Waals surface area contributed by atoms with Gasteiger partial charge in [0.2, 0.25) is 0 Å². The van der Waals surface area contributed by atoms with Crippen molar-refractivity contribution in [2.75, 3.05) is 20.8 Å². The number of rotatable bonds is 6. The number of hydrogen-bond donors (Lipinski definition) is 1. The Morgan fingerprint density at radius 3 is 2.76 bits per heavy atom. The molecule has 2 N–H and O–H groups in total. The number of hydrogen-bond acceptors (Lipinski definition) is 6. The molecular formula is C14H18N4O3. The van der Waals surface area contributed by atoms with Crippen molar-refractivity contribution < 1.29 is 14.3 Å². The van der Waals surface area contributed by atoms with E-state index in [1.165, 1.54) is 7.11 Å². The Bertz CT molecular complexity index is 624. The molecule has 0 unspecified atom stereocenters. The molecule has 0 spiro atoms. The lowest BCUT2D eigenvalue weighted by molar-refractivity contribution is 0.0592. The molecule has 112 valence electrons. The summed E-state index contributed by atoms with van der Waals surface area (Å²) in [5.41, 5.74) is 7.42. The van der Waals surface area contributed by atoms with E-state index in [9.17, 15) is 4.79 Å². The van der Waals surface area contributed by atoms with E-state index in [-0.39, 0.29) is 5.69 Å². The summed E-state index contributed by atoms with van der Waals surface area (Å²) in [5, 5.41) is 7.93. The molecule has 0 radical (unpaired) electrons. The van der Waals surface area contributed by atoms with E-state index in [1.807, 2.05) is 24.3 Å². The monoisotopic (exact) mass is 290 g/mol. The highest BCUT2D eigenvalue weighted by molar-refractivity contribution is 5.88. The highest BCUT2D eigenvalue weighted by Gasteiger charge is 2.20. The van der Waals surface area contributed by atoms with Crippen LogP contribution in [0.15, 0.2) is 24.3 Å². The van der Waals surface area contributed by atoms with Gasteiger partial charge in [0.25, 0.3) is 0 Å². The Kier molecular flexibility index (Phi) is 4.89. The third-order valence-corrected chi connectivity index (χ3v) is 3.11. The zero-order valence-corrected chi connectivity index (χ0v) is 12.1. The van der Waals surface area contributed by atoms with Crippen molar-refractivity contribution in [3.05, 3.63) is 41.2 Å². The Balaban J connectivity index is 2.35. The molecule has 0 amide bonds. The molecular weight excluding hydrogens is 272 g/mol. The molecule has 0 fully saturated rings. The maximum atomic E-state index is 11.7. The Hall–Kier alpha value is -2.41. The van der Waals surface area contributed by atoms with Gasteiger partial charge in [0.1, 0.15) is 5.75 Å². The van der Waals surface area contributed by atoms with E-state index in [0.29, 0.717) is 25.2 Å². The van der Waals surface area contributed by atoms with Crippen LogP contribution in [0.25, 0.3) is 0 Å². The van der Waals surface area contributed by atoms with Crippen LogP contribution in [-0.4, -0.2) is 41.7 Å². The smallest absolute Gasteiger partial charge is 0.360 e. The maximum Gasteiger partial charge on any atom is 0.360 e. The summed E-state index contributed by atoms with van der Waals surface area (Å²) in [7, 11) is 2.93. The van der Waals surface area contributed by atoms with Crippen molar-refractivity contribution in [3.8, 4) is 5.75 Å². The number of ether oxygens (including phenoxy) is 2. The van der Waals surface area contributed by atoms with E-state index in [4.69, 9.17) is 15.2 Å². The van der Waals surface area contributed by atoms with Crippen molar-refractivity contribution in [2.24, 2.45) is 5.73 Å². The Morgan fingerprint density at radius 2 is 2.10 bits per heavy atom. The van der Waals surface area contributed by atoms with Crippen LogP contribution in [0.4, 0.5) is 0 Å². The standard InChI is InChI=1S/C14H18N4O3/c1-20-12-6-4-3-5-10(12)9-18-11(7-8-15)13(16-17-18)14(19)21-2/h3-6H,7-9,15H2,1-2H3. The molecule has 0 saturated carbocycles. The highest BCUT2D eigenvalue weighted by Crippen LogP contribution is 2.19. The largest absolute Gasteiger partial charge is 0.496 e. The average Bonchev–Trinajstić information content (AvgIpc) is 2.90. The summed E-state index contributed by atoms with van der Waals surface area (Å²) >= 11 is 0. The number of esters is 1. The van der Waals surface area contributed by atoms with Gasteiger partial charge in [-0.15, -0.1) is 5.10 Å². The fourth-order valence-electron chi connectivity index (χ4n) is 2.09. The maximum absolute atomic E-state index is 11.7. The number of methoxy groups -OCH3 is 2. The minimum Gasteiger partial charge on any atom is -0.496 e. The van der Waals surface area contributed by atoms with Crippen molar-refractivity contribution in [1.29, 1.82) is 0 Å². The summed E-state index contributed by atoms with van der Waals surface area (Å²) in [5.74, 6) is 0.246. The predicted octanol–water partition coefficient (Wildman–Crippen LogP) is 0.623. The van der Waals surface area contributed by atoms with Gasteiger partial charge in [-0.25, -0.2) is 9.48 Å². The van der Waals surface area contributed by atoms with Gasteiger partial charge in [0, 0.05) is 12.0 Å². The molecule has 0 atom stereocenters. The molecule has 1 aromatic heterocycles. The zero-order chi connectivity index (χ0) is 15.2. The van der Waals surface area contributed by atoms with Gasteiger partial charge in [-0.2, -0.15) is 0 Å². The van der Waals surface area contributed by atoms with Gasteiger partial charge >= 0.3 is 5.97 Å². The van der Waals surface area contributed by atoms with Crippen LogP contribution in [0.2, 0.25) is 0 Å². The van der Waals surface area contributed by atoms with Gasteiger partial charge in [0.05, 0.1) is 26.5 Å². The van der Waals surface area contributed by atoms with Crippen LogP contribution in [0.3, 0.4) is 0 Å². The minimum absolute atomic E-state index is 0.206.